The SMILES string of the molecule is C=C(C)C(=O)Cl.CC(=O)Br. The number of allylic oxidation sites excluding steroid dienone is 1. The molecule has 0 fully saturated rings. The molecule has 0 bridgehead atoms. The number of halogens is 2. The van der Waals surface area contributed by atoms with Crippen LogP contribution in [0.4, 0.5) is 0 Å². The van der Waals surface area contributed by atoms with Crippen molar-refractivity contribution in [1.29, 1.82) is 0 Å². The largest absolute Gasteiger partial charge is 0.287 e. The highest BCUT2D eigenvalue weighted by molar-refractivity contribution is 9.18. The highest BCUT2D eigenvalue weighted by Crippen LogP contribution is 1.91. The van der Waals surface area contributed by atoms with E-state index in [1.807, 2.05) is 0 Å². The summed E-state index contributed by atoms with van der Waals surface area (Å²) in [6.07, 6.45) is 0. The quantitative estimate of drug-likeness (QED) is 0.509. The fourth-order valence-electron chi connectivity index (χ4n) is 0. The third-order valence-electron chi connectivity index (χ3n) is 0.336. The Morgan fingerprint density at radius 2 is 1.50 bits per heavy atom. The lowest BCUT2D eigenvalue weighted by atomic mass is 10.4. The van der Waals surface area contributed by atoms with Gasteiger partial charge in [0.2, 0.25) is 5.24 Å². The van der Waals surface area contributed by atoms with Crippen LogP contribution in [0.25, 0.3) is 0 Å². The number of hydrogen-bond donors (Lipinski definition) is 0. The molecule has 0 aromatic carbocycles. The Bertz CT molecular complexity index is 138. The van der Waals surface area contributed by atoms with E-state index in [2.05, 4.69) is 22.5 Å². The summed E-state index contributed by atoms with van der Waals surface area (Å²) in [6, 6.07) is 0. The van der Waals surface area contributed by atoms with E-state index >= 15 is 0 Å². The summed E-state index contributed by atoms with van der Waals surface area (Å²) in [7, 11) is 0. The lowest BCUT2D eigenvalue weighted by Crippen LogP contribution is -1.81. The van der Waals surface area contributed by atoms with Crippen molar-refractivity contribution >= 4 is 37.5 Å². The van der Waals surface area contributed by atoms with Crippen molar-refractivity contribution in [2.45, 2.75) is 13.8 Å². The summed E-state index contributed by atoms with van der Waals surface area (Å²) in [5.74, 6) is 0. The highest BCUT2D eigenvalue weighted by atomic mass is 79.9. The van der Waals surface area contributed by atoms with Crippen LogP contribution in [0.15, 0.2) is 12.2 Å². The van der Waals surface area contributed by atoms with Crippen molar-refractivity contribution < 1.29 is 9.59 Å². The first-order valence-corrected chi connectivity index (χ1v) is 3.56. The summed E-state index contributed by atoms with van der Waals surface area (Å²) in [5.41, 5.74) is 0.386. The van der Waals surface area contributed by atoms with E-state index in [-0.39, 0.29) is 4.69 Å². The molecule has 0 unspecified atom stereocenters. The van der Waals surface area contributed by atoms with Crippen molar-refractivity contribution in [2.24, 2.45) is 0 Å². The molecule has 0 aromatic rings. The van der Waals surface area contributed by atoms with Gasteiger partial charge in [0.1, 0.15) is 0 Å². The molecule has 0 aliphatic rings. The Morgan fingerprint density at radius 1 is 1.40 bits per heavy atom. The number of hydrogen-bond acceptors (Lipinski definition) is 2. The van der Waals surface area contributed by atoms with Gasteiger partial charge in [0.05, 0.1) is 0 Å². The predicted molar refractivity (Wildman–Crippen MR) is 45.3 cm³/mol. The van der Waals surface area contributed by atoms with Crippen LogP contribution in [0.3, 0.4) is 0 Å². The first-order valence-electron chi connectivity index (χ1n) is 2.39. The summed E-state index contributed by atoms with van der Waals surface area (Å²) in [5, 5.41) is -0.463. The highest BCUT2D eigenvalue weighted by Gasteiger charge is 1.89. The van der Waals surface area contributed by atoms with Crippen molar-refractivity contribution in [3.05, 3.63) is 12.2 Å². The van der Waals surface area contributed by atoms with Crippen LogP contribution >= 0.6 is 27.5 Å². The zero-order chi connectivity index (χ0) is 8.73. The molecule has 2 nitrogen and oxygen atoms in total. The van der Waals surface area contributed by atoms with Gasteiger partial charge in [0.25, 0.3) is 0 Å². The average molecular weight is 227 g/mol. The monoisotopic (exact) mass is 226 g/mol. The molecular formula is C6H8BrClO2. The van der Waals surface area contributed by atoms with Crippen molar-refractivity contribution in [3.63, 3.8) is 0 Å². The molecule has 0 aliphatic heterocycles. The third-order valence-corrected chi connectivity index (χ3v) is 0.658. The lowest BCUT2D eigenvalue weighted by Gasteiger charge is -1.77. The Labute approximate surface area is 73.4 Å². The molecule has 0 saturated carbocycles. The molecule has 10 heavy (non-hydrogen) atoms. The van der Waals surface area contributed by atoms with Gasteiger partial charge in [-0.1, -0.05) is 6.58 Å². The van der Waals surface area contributed by atoms with Crippen LogP contribution in [-0.2, 0) is 9.59 Å². The van der Waals surface area contributed by atoms with E-state index < -0.39 is 5.24 Å². The second-order valence-corrected chi connectivity index (χ2v) is 2.98. The molecule has 0 aromatic heterocycles. The van der Waals surface area contributed by atoms with Crippen molar-refractivity contribution in [1.82, 2.24) is 0 Å². The lowest BCUT2D eigenvalue weighted by molar-refractivity contribution is -0.109. The molecule has 0 N–H and O–H groups in total. The van der Waals surface area contributed by atoms with Gasteiger partial charge in [-0.2, -0.15) is 0 Å². The standard InChI is InChI=1S/C4H5ClO.C2H3BrO/c1-3(2)4(5)6;1-2(3)4/h1H2,2H3;1H3. The van der Waals surface area contributed by atoms with Gasteiger partial charge < -0.3 is 0 Å². The van der Waals surface area contributed by atoms with Crippen molar-refractivity contribution in [2.75, 3.05) is 0 Å². The van der Waals surface area contributed by atoms with Crippen LogP contribution in [0.2, 0.25) is 0 Å². The molecule has 0 saturated heterocycles. The fraction of sp³-hybridized carbons (Fsp3) is 0.333. The minimum atomic E-state index is -0.463. The molecule has 0 atom stereocenters. The van der Waals surface area contributed by atoms with Crippen LogP contribution in [0, 0.1) is 0 Å². The number of carbonyl (C=O) groups is 2. The van der Waals surface area contributed by atoms with Crippen LogP contribution in [0.5, 0.6) is 0 Å². The zero-order valence-electron chi connectivity index (χ0n) is 5.78. The van der Waals surface area contributed by atoms with Crippen LogP contribution in [0.1, 0.15) is 13.8 Å². The number of carbonyl (C=O) groups excluding carboxylic acids is 2. The summed E-state index contributed by atoms with van der Waals surface area (Å²) in [4.78, 5) is 19.2. The molecular weight excluding hydrogens is 219 g/mol. The molecule has 0 radical (unpaired) electrons. The van der Waals surface area contributed by atoms with E-state index in [4.69, 9.17) is 11.6 Å². The van der Waals surface area contributed by atoms with E-state index in [9.17, 15) is 9.59 Å². The van der Waals surface area contributed by atoms with E-state index in [0.29, 0.717) is 5.57 Å². The second kappa shape index (κ2) is 6.96. The Kier molecular flexibility index (Phi) is 8.72. The maximum absolute atomic E-state index is 9.81. The van der Waals surface area contributed by atoms with Gasteiger partial charge in [-0.05, 0) is 34.5 Å². The molecule has 0 amide bonds. The molecule has 0 heterocycles. The minimum absolute atomic E-state index is 0.0208. The first kappa shape index (κ1) is 12.5. The summed E-state index contributed by atoms with van der Waals surface area (Å²) in [6.45, 7) is 6.28. The smallest absolute Gasteiger partial charge is 0.247 e. The molecule has 0 spiro atoms. The molecule has 0 rings (SSSR count). The van der Waals surface area contributed by atoms with Gasteiger partial charge in [-0.15, -0.1) is 0 Å². The Morgan fingerprint density at radius 3 is 1.50 bits per heavy atom. The van der Waals surface area contributed by atoms with Crippen LogP contribution < -0.4 is 0 Å². The first-order chi connectivity index (χ1) is 4.37. The van der Waals surface area contributed by atoms with E-state index in [1.165, 1.54) is 6.92 Å². The maximum Gasteiger partial charge on any atom is 0.247 e. The van der Waals surface area contributed by atoms with Gasteiger partial charge in [-0.3, -0.25) is 9.59 Å². The predicted octanol–water partition coefficient (Wildman–Crippen LogP) is 2.26. The zero-order valence-corrected chi connectivity index (χ0v) is 8.12. The minimum Gasteiger partial charge on any atom is -0.287 e. The molecule has 58 valence electrons. The summed E-state index contributed by atoms with van der Waals surface area (Å²) < 4.78 is -0.0208. The molecule has 0 aliphatic carbocycles. The van der Waals surface area contributed by atoms with Gasteiger partial charge in [0.15, 0.2) is 4.69 Å². The van der Waals surface area contributed by atoms with E-state index in [1.54, 1.807) is 6.92 Å². The van der Waals surface area contributed by atoms with Gasteiger partial charge >= 0.3 is 0 Å². The summed E-state index contributed by atoms with van der Waals surface area (Å²) >= 11 is 7.51. The van der Waals surface area contributed by atoms with E-state index in [0.717, 1.165) is 0 Å². The third kappa shape index (κ3) is 24.9. The maximum atomic E-state index is 9.81. The number of rotatable bonds is 1. The molecule has 4 heteroatoms. The normalized spacial score (nSPS) is 7.20. The van der Waals surface area contributed by atoms with Gasteiger partial charge in [0, 0.05) is 12.5 Å². The second-order valence-electron chi connectivity index (χ2n) is 1.52. The van der Waals surface area contributed by atoms with Crippen molar-refractivity contribution in [3.8, 4) is 0 Å². The Balaban J connectivity index is 0. The van der Waals surface area contributed by atoms with Crippen LogP contribution in [-0.4, -0.2) is 9.93 Å². The topological polar surface area (TPSA) is 34.1 Å². The average Bonchev–Trinajstić information content (AvgIpc) is 1.63. The Hall–Kier alpha value is -0.150. The fourth-order valence-corrected chi connectivity index (χ4v) is 0. The van der Waals surface area contributed by atoms with Gasteiger partial charge in [-0.25, -0.2) is 0 Å².